The molecule has 0 amide bonds. The molecule has 2 N–H and O–H groups in total. The van der Waals surface area contributed by atoms with Crippen molar-refractivity contribution in [1.29, 1.82) is 0 Å². The van der Waals surface area contributed by atoms with Crippen molar-refractivity contribution >= 4 is 50.6 Å². The van der Waals surface area contributed by atoms with Crippen molar-refractivity contribution in [3.63, 3.8) is 0 Å². The van der Waals surface area contributed by atoms with E-state index in [0.29, 0.717) is 41.4 Å². The Bertz CT molecular complexity index is 661. The summed E-state index contributed by atoms with van der Waals surface area (Å²) in [5.41, 5.74) is 0.897. The highest BCUT2D eigenvalue weighted by atomic mass is 35.5. The van der Waals surface area contributed by atoms with Crippen LogP contribution in [0.5, 0.6) is 0 Å². The van der Waals surface area contributed by atoms with E-state index >= 15 is 0 Å². The van der Waals surface area contributed by atoms with Crippen molar-refractivity contribution in [3.05, 3.63) is 16.8 Å². The molecule has 0 spiro atoms. The van der Waals surface area contributed by atoms with Gasteiger partial charge >= 0.3 is 0 Å². The monoisotopic (exact) mass is 335 g/mol. The number of anilines is 1. The summed E-state index contributed by atoms with van der Waals surface area (Å²) < 4.78 is 19.3. The summed E-state index contributed by atoms with van der Waals surface area (Å²) in [5.74, 6) is 1.14. The molecule has 0 radical (unpaired) electrons. The van der Waals surface area contributed by atoms with Crippen LogP contribution in [0, 0.1) is 0 Å². The van der Waals surface area contributed by atoms with Gasteiger partial charge in [-0.25, -0.2) is 15.0 Å². The number of hydrogen-bond donors (Lipinski definition) is 2. The first-order valence-corrected chi connectivity index (χ1v) is 8.43. The molecule has 1 saturated heterocycles. The molecule has 0 unspecified atom stereocenters. The van der Waals surface area contributed by atoms with E-state index in [2.05, 4.69) is 19.9 Å². The molecule has 0 bridgehead atoms. The number of halogens is 2. The van der Waals surface area contributed by atoms with Crippen molar-refractivity contribution in [2.24, 2.45) is 0 Å². The van der Waals surface area contributed by atoms with E-state index in [0.717, 1.165) is 0 Å². The van der Waals surface area contributed by atoms with Crippen LogP contribution in [0.25, 0.3) is 11.0 Å². The number of hydrogen-bond acceptors (Lipinski definition) is 7. The quantitative estimate of drug-likeness (QED) is 0.609. The maximum atomic E-state index is 9.66. The average molecular weight is 336 g/mol. The molecule has 2 aromatic heterocycles. The zero-order chi connectivity index (χ0) is 14.3. The van der Waals surface area contributed by atoms with Gasteiger partial charge in [-0.1, -0.05) is 11.6 Å². The molecule has 10 heteroatoms. The lowest BCUT2D eigenvalue weighted by Crippen LogP contribution is -2.39. The van der Waals surface area contributed by atoms with Gasteiger partial charge in [-0.05, 0) is 11.6 Å². The molecule has 0 aromatic carbocycles. The molecule has 1 aliphatic heterocycles. The van der Waals surface area contributed by atoms with Crippen molar-refractivity contribution in [1.82, 2.24) is 19.9 Å². The van der Waals surface area contributed by atoms with Gasteiger partial charge in [0, 0.05) is 13.1 Å². The summed E-state index contributed by atoms with van der Waals surface area (Å²) in [4.78, 5) is 18.2. The van der Waals surface area contributed by atoms with E-state index in [1.165, 1.54) is 6.33 Å². The molecule has 3 rings (SSSR count). The Morgan fingerprint density at radius 1 is 1.05 bits per heavy atom. The summed E-state index contributed by atoms with van der Waals surface area (Å²) in [5, 5.41) is 0.267. The molecule has 7 nitrogen and oxygen atoms in total. The molecule has 2 aromatic rings. The van der Waals surface area contributed by atoms with E-state index in [4.69, 9.17) is 23.2 Å². The summed E-state index contributed by atoms with van der Waals surface area (Å²) in [6.07, 6.45) is 1.34. The summed E-state index contributed by atoms with van der Waals surface area (Å²) in [6.45, 7) is 0.929. The smallest absolute Gasteiger partial charge is 0.225 e. The van der Waals surface area contributed by atoms with Crippen LogP contribution < -0.4 is 4.90 Å². The topological polar surface area (TPSA) is 95.3 Å². The van der Waals surface area contributed by atoms with E-state index in [-0.39, 0.29) is 10.4 Å². The lowest BCUT2D eigenvalue weighted by molar-refractivity contribution is 0.479. The molecule has 108 valence electrons. The third-order valence-electron chi connectivity index (χ3n) is 3.07. The van der Waals surface area contributed by atoms with Crippen LogP contribution in [-0.4, -0.2) is 53.6 Å². The van der Waals surface area contributed by atoms with Crippen molar-refractivity contribution in [3.8, 4) is 0 Å². The second kappa shape index (κ2) is 5.12. The molecule has 3 heterocycles. The Balaban J connectivity index is 2.06. The first-order valence-electron chi connectivity index (χ1n) is 5.78. The molecule has 20 heavy (non-hydrogen) atoms. The molecule has 0 atom stereocenters. The fourth-order valence-corrected chi connectivity index (χ4v) is 3.61. The standard InChI is InChI=1S/C10H11Cl2N5O2S/c11-8-6-7(13-5-14-8)9(16-10(12)15-6)17-1-3-20(18,19)4-2-17/h5,18-19H,1-4H2. The second-order valence-electron chi connectivity index (χ2n) is 4.38. The lowest BCUT2D eigenvalue weighted by atomic mass is 10.3. The summed E-state index contributed by atoms with van der Waals surface area (Å²) in [6, 6.07) is 0. The predicted molar refractivity (Wildman–Crippen MR) is 79.9 cm³/mol. The minimum absolute atomic E-state index is 0.0568. The summed E-state index contributed by atoms with van der Waals surface area (Å²) in [7, 11) is -2.47. The summed E-state index contributed by atoms with van der Waals surface area (Å²) >= 11 is 11.9. The Hall–Kier alpha value is -0.930. The van der Waals surface area contributed by atoms with Crippen molar-refractivity contribution < 1.29 is 9.11 Å². The van der Waals surface area contributed by atoms with Gasteiger partial charge < -0.3 is 4.90 Å². The van der Waals surface area contributed by atoms with Crippen LogP contribution in [0.3, 0.4) is 0 Å². The van der Waals surface area contributed by atoms with E-state index in [1.54, 1.807) is 0 Å². The molecule has 1 aliphatic rings. The molecular formula is C10H11Cl2N5O2S. The van der Waals surface area contributed by atoms with Crippen LogP contribution in [-0.2, 0) is 0 Å². The van der Waals surface area contributed by atoms with Gasteiger partial charge in [0.25, 0.3) is 0 Å². The average Bonchev–Trinajstić information content (AvgIpc) is 2.39. The zero-order valence-corrected chi connectivity index (χ0v) is 12.5. The van der Waals surface area contributed by atoms with Gasteiger partial charge in [-0.2, -0.15) is 15.6 Å². The van der Waals surface area contributed by atoms with Crippen LogP contribution in [0.1, 0.15) is 0 Å². The van der Waals surface area contributed by atoms with Crippen molar-refractivity contribution in [2.45, 2.75) is 0 Å². The first kappa shape index (κ1) is 14.0. The van der Waals surface area contributed by atoms with Crippen LogP contribution in [0.2, 0.25) is 10.4 Å². The lowest BCUT2D eigenvalue weighted by Gasteiger charge is -2.41. The third-order valence-corrected chi connectivity index (χ3v) is 5.19. The van der Waals surface area contributed by atoms with E-state index < -0.39 is 10.6 Å². The Morgan fingerprint density at radius 2 is 1.75 bits per heavy atom. The maximum absolute atomic E-state index is 9.66. The number of rotatable bonds is 1. The van der Waals surface area contributed by atoms with Gasteiger partial charge in [-0.3, -0.25) is 9.11 Å². The van der Waals surface area contributed by atoms with Crippen LogP contribution in [0.15, 0.2) is 6.33 Å². The predicted octanol–water partition coefficient (Wildman–Crippen LogP) is 2.30. The third kappa shape index (κ3) is 2.61. The van der Waals surface area contributed by atoms with Gasteiger partial charge in [0.2, 0.25) is 5.28 Å². The highest BCUT2D eigenvalue weighted by Crippen LogP contribution is 2.41. The van der Waals surface area contributed by atoms with Crippen molar-refractivity contribution in [2.75, 3.05) is 29.5 Å². The highest BCUT2D eigenvalue weighted by Gasteiger charge is 2.25. The van der Waals surface area contributed by atoms with Gasteiger partial charge in [-0.15, -0.1) is 0 Å². The second-order valence-corrected chi connectivity index (χ2v) is 7.49. The normalized spacial score (nSPS) is 20.1. The fourth-order valence-electron chi connectivity index (χ4n) is 2.04. The minimum Gasteiger partial charge on any atom is -0.352 e. The molecule has 0 saturated carbocycles. The molecule has 0 aliphatic carbocycles. The Labute approximate surface area is 126 Å². The Morgan fingerprint density at radius 3 is 2.45 bits per heavy atom. The SMILES string of the molecule is OS1(O)CCN(c2nc(Cl)nc3c(Cl)ncnc23)CC1. The van der Waals surface area contributed by atoms with Crippen LogP contribution >= 0.6 is 33.8 Å². The minimum atomic E-state index is -2.47. The fraction of sp³-hybridized carbons (Fsp3) is 0.400. The molecule has 1 fully saturated rings. The Kier molecular flexibility index (Phi) is 3.59. The number of aromatic nitrogens is 4. The van der Waals surface area contributed by atoms with Gasteiger partial charge in [0.15, 0.2) is 11.0 Å². The largest absolute Gasteiger partial charge is 0.352 e. The van der Waals surface area contributed by atoms with Crippen LogP contribution in [0.4, 0.5) is 5.82 Å². The number of fused-ring (bicyclic) bond motifs is 1. The van der Waals surface area contributed by atoms with Gasteiger partial charge in [0.05, 0.1) is 11.5 Å². The van der Waals surface area contributed by atoms with E-state index in [1.807, 2.05) is 4.90 Å². The number of nitrogens with zero attached hydrogens (tertiary/aromatic N) is 5. The zero-order valence-electron chi connectivity index (χ0n) is 10.2. The van der Waals surface area contributed by atoms with Gasteiger partial charge in [0.1, 0.15) is 17.4 Å². The maximum Gasteiger partial charge on any atom is 0.225 e. The molecular weight excluding hydrogens is 325 g/mol. The van der Waals surface area contributed by atoms with E-state index in [9.17, 15) is 9.11 Å². The first-order chi connectivity index (χ1) is 9.46. The highest BCUT2D eigenvalue weighted by molar-refractivity contribution is 8.24.